The third-order valence-electron chi connectivity index (χ3n) is 3.89. The van der Waals surface area contributed by atoms with Crippen molar-refractivity contribution in [3.05, 3.63) is 0 Å². The summed E-state index contributed by atoms with van der Waals surface area (Å²) < 4.78 is 0. The number of hydrogen-bond acceptors (Lipinski definition) is 3. The Bertz CT molecular complexity index is 316. The van der Waals surface area contributed by atoms with Gasteiger partial charge in [0.25, 0.3) is 0 Å². The molecule has 0 aromatic carbocycles. The van der Waals surface area contributed by atoms with E-state index in [1.807, 2.05) is 11.2 Å². The van der Waals surface area contributed by atoms with Crippen LogP contribution >= 0.6 is 11.8 Å². The van der Waals surface area contributed by atoms with Gasteiger partial charge in [-0.2, -0.15) is 11.8 Å². The molecule has 0 atom stereocenters. The first-order valence-electron chi connectivity index (χ1n) is 6.78. The normalized spacial score (nSPS) is 22.4. The maximum atomic E-state index is 12.1. The zero-order valence-electron chi connectivity index (χ0n) is 11.1. The molecular formula is C13H22N2O2S. The van der Waals surface area contributed by atoms with Gasteiger partial charge in [0.05, 0.1) is 12.3 Å². The van der Waals surface area contributed by atoms with Crippen LogP contribution in [0.15, 0.2) is 0 Å². The molecule has 0 radical (unpaired) electrons. The minimum Gasteiger partial charge on any atom is -0.336 e. The summed E-state index contributed by atoms with van der Waals surface area (Å²) >= 11 is 1.52. The van der Waals surface area contributed by atoms with Crippen LogP contribution in [0.4, 0.5) is 0 Å². The van der Waals surface area contributed by atoms with Crippen LogP contribution in [-0.2, 0) is 9.59 Å². The molecule has 2 rings (SSSR count). The highest BCUT2D eigenvalue weighted by molar-refractivity contribution is 7.99. The number of hydrogen-bond donors (Lipinski definition) is 0. The molecule has 2 fully saturated rings. The Morgan fingerprint density at radius 2 is 2.00 bits per heavy atom. The topological polar surface area (TPSA) is 40.6 Å². The maximum Gasteiger partial charge on any atom is 0.242 e. The molecule has 5 heteroatoms. The van der Waals surface area contributed by atoms with E-state index in [1.54, 1.807) is 4.90 Å². The molecule has 18 heavy (non-hydrogen) atoms. The highest BCUT2D eigenvalue weighted by atomic mass is 32.2. The lowest BCUT2D eigenvalue weighted by atomic mass is 9.93. The summed E-state index contributed by atoms with van der Waals surface area (Å²) in [4.78, 5) is 27.6. The quantitative estimate of drug-likeness (QED) is 0.777. The standard InChI is InChI=1S/C13H22N2O2S/c1-18-10-13(17)14-7-8-15(12(16)9-14)11-5-3-2-4-6-11/h11H,2-10H2,1H3. The number of carbonyl (C=O) groups is 2. The van der Waals surface area contributed by atoms with Crippen LogP contribution in [0.25, 0.3) is 0 Å². The summed E-state index contributed by atoms with van der Waals surface area (Å²) in [6.07, 6.45) is 7.98. The third kappa shape index (κ3) is 3.19. The van der Waals surface area contributed by atoms with Crippen molar-refractivity contribution in [2.24, 2.45) is 0 Å². The molecule has 1 heterocycles. The van der Waals surface area contributed by atoms with Gasteiger partial charge in [0.15, 0.2) is 0 Å². The number of piperazine rings is 1. The van der Waals surface area contributed by atoms with Gasteiger partial charge in [-0.05, 0) is 19.1 Å². The van der Waals surface area contributed by atoms with Gasteiger partial charge in [-0.3, -0.25) is 9.59 Å². The highest BCUT2D eigenvalue weighted by Gasteiger charge is 2.31. The SMILES string of the molecule is CSCC(=O)N1CCN(C2CCCCC2)C(=O)C1. The van der Waals surface area contributed by atoms with Crippen molar-refractivity contribution in [1.82, 2.24) is 9.80 Å². The molecule has 0 unspecified atom stereocenters. The van der Waals surface area contributed by atoms with Crippen molar-refractivity contribution >= 4 is 23.6 Å². The first-order chi connectivity index (χ1) is 8.72. The molecule has 0 spiro atoms. The Labute approximate surface area is 113 Å². The average Bonchev–Trinajstić information content (AvgIpc) is 2.40. The van der Waals surface area contributed by atoms with Crippen molar-refractivity contribution < 1.29 is 9.59 Å². The smallest absolute Gasteiger partial charge is 0.242 e. The van der Waals surface area contributed by atoms with E-state index in [2.05, 4.69) is 0 Å². The Kier molecular flexibility index (Phi) is 4.92. The zero-order valence-corrected chi connectivity index (χ0v) is 11.9. The third-order valence-corrected chi connectivity index (χ3v) is 4.43. The van der Waals surface area contributed by atoms with E-state index in [0.717, 1.165) is 19.4 Å². The van der Waals surface area contributed by atoms with Crippen molar-refractivity contribution in [3.63, 3.8) is 0 Å². The second-order valence-corrected chi connectivity index (χ2v) is 5.99. The van der Waals surface area contributed by atoms with E-state index in [4.69, 9.17) is 0 Å². The lowest BCUT2D eigenvalue weighted by Gasteiger charge is -2.40. The molecular weight excluding hydrogens is 248 g/mol. The molecule has 1 aliphatic carbocycles. The Morgan fingerprint density at radius 1 is 1.28 bits per heavy atom. The van der Waals surface area contributed by atoms with E-state index in [1.165, 1.54) is 31.0 Å². The second-order valence-electron chi connectivity index (χ2n) is 5.13. The van der Waals surface area contributed by atoms with Gasteiger partial charge in [-0.1, -0.05) is 19.3 Å². The fraction of sp³-hybridized carbons (Fsp3) is 0.846. The van der Waals surface area contributed by atoms with Crippen LogP contribution in [0.3, 0.4) is 0 Å². The summed E-state index contributed by atoms with van der Waals surface area (Å²) in [5.41, 5.74) is 0. The summed E-state index contributed by atoms with van der Waals surface area (Å²) in [6.45, 7) is 1.72. The van der Waals surface area contributed by atoms with Crippen LogP contribution in [0, 0.1) is 0 Å². The minimum absolute atomic E-state index is 0.0964. The van der Waals surface area contributed by atoms with Crippen LogP contribution in [0.1, 0.15) is 32.1 Å². The molecule has 0 aromatic rings. The van der Waals surface area contributed by atoms with Gasteiger partial charge in [0.1, 0.15) is 0 Å². The van der Waals surface area contributed by atoms with Crippen molar-refractivity contribution in [1.29, 1.82) is 0 Å². The number of carbonyl (C=O) groups excluding carboxylic acids is 2. The van der Waals surface area contributed by atoms with Crippen LogP contribution in [0.2, 0.25) is 0 Å². The van der Waals surface area contributed by atoms with E-state index in [9.17, 15) is 9.59 Å². The minimum atomic E-state index is 0.0964. The van der Waals surface area contributed by atoms with Crippen LogP contribution in [0.5, 0.6) is 0 Å². The second kappa shape index (κ2) is 6.45. The van der Waals surface area contributed by atoms with Gasteiger partial charge in [0.2, 0.25) is 11.8 Å². The molecule has 102 valence electrons. The van der Waals surface area contributed by atoms with E-state index in [-0.39, 0.29) is 18.4 Å². The van der Waals surface area contributed by atoms with Crippen molar-refractivity contribution in [3.8, 4) is 0 Å². The van der Waals surface area contributed by atoms with Gasteiger partial charge in [-0.15, -0.1) is 0 Å². The number of nitrogens with zero attached hydrogens (tertiary/aromatic N) is 2. The Balaban J connectivity index is 1.87. The fourth-order valence-electron chi connectivity index (χ4n) is 2.89. The zero-order chi connectivity index (χ0) is 13.0. The predicted molar refractivity (Wildman–Crippen MR) is 73.5 cm³/mol. The summed E-state index contributed by atoms with van der Waals surface area (Å²) in [5.74, 6) is 0.721. The lowest BCUT2D eigenvalue weighted by molar-refractivity contribution is -0.146. The van der Waals surface area contributed by atoms with Crippen LogP contribution < -0.4 is 0 Å². The summed E-state index contributed by atoms with van der Waals surface area (Å²) in [5, 5.41) is 0. The van der Waals surface area contributed by atoms with Gasteiger partial charge >= 0.3 is 0 Å². The number of rotatable bonds is 3. The van der Waals surface area contributed by atoms with Crippen molar-refractivity contribution in [2.45, 2.75) is 38.1 Å². The number of thioether (sulfide) groups is 1. The largest absolute Gasteiger partial charge is 0.336 e. The first-order valence-corrected chi connectivity index (χ1v) is 8.18. The molecule has 1 saturated heterocycles. The highest BCUT2D eigenvalue weighted by Crippen LogP contribution is 2.24. The van der Waals surface area contributed by atoms with Crippen LogP contribution in [-0.4, -0.2) is 59.3 Å². The average molecular weight is 270 g/mol. The summed E-state index contributed by atoms with van der Waals surface area (Å²) in [7, 11) is 0. The van der Waals surface area contributed by atoms with Gasteiger partial charge < -0.3 is 9.80 Å². The molecule has 4 nitrogen and oxygen atoms in total. The van der Waals surface area contributed by atoms with E-state index < -0.39 is 0 Å². The monoisotopic (exact) mass is 270 g/mol. The molecule has 1 aliphatic heterocycles. The Morgan fingerprint density at radius 3 is 2.61 bits per heavy atom. The molecule has 2 aliphatic rings. The molecule has 0 aromatic heterocycles. The molecule has 0 N–H and O–H groups in total. The Hall–Kier alpha value is -0.710. The lowest BCUT2D eigenvalue weighted by Crippen LogP contribution is -2.56. The number of amides is 2. The van der Waals surface area contributed by atoms with Gasteiger partial charge in [0, 0.05) is 19.1 Å². The first kappa shape index (κ1) is 13.7. The van der Waals surface area contributed by atoms with Crippen molar-refractivity contribution in [2.75, 3.05) is 31.6 Å². The maximum absolute atomic E-state index is 12.1. The predicted octanol–water partition coefficient (Wildman–Crippen LogP) is 1.35. The molecule has 2 amide bonds. The molecule has 1 saturated carbocycles. The van der Waals surface area contributed by atoms with E-state index in [0.29, 0.717) is 18.3 Å². The molecule has 0 bridgehead atoms. The fourth-order valence-corrected chi connectivity index (χ4v) is 3.32. The van der Waals surface area contributed by atoms with Gasteiger partial charge in [-0.25, -0.2) is 0 Å². The summed E-state index contributed by atoms with van der Waals surface area (Å²) in [6, 6.07) is 0.434. The van der Waals surface area contributed by atoms with E-state index >= 15 is 0 Å².